The summed E-state index contributed by atoms with van der Waals surface area (Å²) in [5, 5.41) is 0.599. The van der Waals surface area contributed by atoms with Gasteiger partial charge in [-0.25, -0.2) is 14.2 Å². The minimum Gasteiger partial charge on any atom is -0.490 e. The van der Waals surface area contributed by atoms with Crippen LogP contribution in [0.4, 0.5) is 4.39 Å². The summed E-state index contributed by atoms with van der Waals surface area (Å²) in [7, 11) is 0. The molecule has 134 valence electrons. The number of nitrogens with zero attached hydrogens (tertiary/aromatic N) is 2. The van der Waals surface area contributed by atoms with E-state index in [4.69, 9.17) is 9.47 Å². The van der Waals surface area contributed by atoms with Gasteiger partial charge in [-0.15, -0.1) is 0 Å². The van der Waals surface area contributed by atoms with E-state index in [-0.39, 0.29) is 11.5 Å². The summed E-state index contributed by atoms with van der Waals surface area (Å²) in [5.74, 6) is -0.109. The van der Waals surface area contributed by atoms with Crippen LogP contribution in [-0.2, 0) is 0 Å². The van der Waals surface area contributed by atoms with Crippen molar-refractivity contribution in [2.24, 2.45) is 0 Å². The summed E-state index contributed by atoms with van der Waals surface area (Å²) in [5.41, 5.74) is 0.866. The predicted octanol–water partition coefficient (Wildman–Crippen LogP) is 4.35. The number of esters is 1. The van der Waals surface area contributed by atoms with E-state index in [9.17, 15) is 9.18 Å². The monoisotopic (exact) mass is 372 g/mol. The summed E-state index contributed by atoms with van der Waals surface area (Å²) >= 11 is 1.38. The number of hydrogen-bond donors (Lipinski definition) is 0. The molecule has 0 unspecified atom stereocenters. The molecule has 3 rings (SSSR count). The van der Waals surface area contributed by atoms with Crippen molar-refractivity contribution in [2.75, 3.05) is 12.9 Å². The van der Waals surface area contributed by atoms with E-state index in [1.165, 1.54) is 30.1 Å². The van der Waals surface area contributed by atoms with Gasteiger partial charge in [-0.05, 0) is 49.6 Å². The van der Waals surface area contributed by atoms with E-state index in [2.05, 4.69) is 4.98 Å². The molecule has 0 spiro atoms. The van der Waals surface area contributed by atoms with Crippen LogP contribution in [0.5, 0.6) is 11.5 Å². The fourth-order valence-electron chi connectivity index (χ4n) is 2.42. The van der Waals surface area contributed by atoms with Crippen molar-refractivity contribution in [1.29, 1.82) is 0 Å². The van der Waals surface area contributed by atoms with Crippen molar-refractivity contribution in [1.82, 2.24) is 9.55 Å². The number of hydrogen-bond acceptors (Lipinski definition) is 5. The molecular formula is C19H17FN2O3S. The first kappa shape index (κ1) is 18.0. The van der Waals surface area contributed by atoms with Crippen molar-refractivity contribution in [3.05, 3.63) is 66.2 Å². The van der Waals surface area contributed by atoms with E-state index >= 15 is 0 Å². The molecule has 0 radical (unpaired) electrons. The number of rotatable bonds is 6. The standard InChI is InChI=1S/C19H17FN2O3S/c1-3-24-16-6-4-5-7-17(16)25-18(23)15-12-21-19(26-2)22(15)14-10-8-13(20)9-11-14/h4-12H,3H2,1-2H3. The van der Waals surface area contributed by atoms with Crippen molar-refractivity contribution in [2.45, 2.75) is 12.1 Å². The smallest absolute Gasteiger partial charge is 0.362 e. The Bertz CT molecular complexity index is 909. The molecule has 0 amide bonds. The SMILES string of the molecule is CCOc1ccccc1OC(=O)c1cnc(SC)n1-c1ccc(F)cc1. The average molecular weight is 372 g/mol. The topological polar surface area (TPSA) is 53.4 Å². The average Bonchev–Trinajstić information content (AvgIpc) is 3.08. The van der Waals surface area contributed by atoms with Crippen LogP contribution in [0, 0.1) is 5.82 Å². The molecule has 7 heteroatoms. The molecular weight excluding hydrogens is 355 g/mol. The maximum atomic E-state index is 13.2. The number of para-hydroxylation sites is 2. The Hall–Kier alpha value is -2.80. The first-order valence-electron chi connectivity index (χ1n) is 7.95. The molecule has 0 saturated heterocycles. The van der Waals surface area contributed by atoms with Gasteiger partial charge in [0.2, 0.25) is 0 Å². The zero-order valence-corrected chi connectivity index (χ0v) is 15.1. The van der Waals surface area contributed by atoms with Crippen LogP contribution in [0.2, 0.25) is 0 Å². The lowest BCUT2D eigenvalue weighted by atomic mass is 10.3. The number of halogens is 1. The predicted molar refractivity (Wildman–Crippen MR) is 97.9 cm³/mol. The van der Waals surface area contributed by atoms with Gasteiger partial charge >= 0.3 is 5.97 Å². The lowest BCUT2D eigenvalue weighted by Crippen LogP contribution is -2.15. The second kappa shape index (κ2) is 8.05. The molecule has 0 atom stereocenters. The van der Waals surface area contributed by atoms with E-state index in [1.807, 2.05) is 13.2 Å². The Morgan fingerprint density at radius 1 is 1.15 bits per heavy atom. The Labute approximate surface area is 154 Å². The number of carbonyl (C=O) groups excluding carboxylic acids is 1. The number of thioether (sulfide) groups is 1. The van der Waals surface area contributed by atoms with Crippen molar-refractivity contribution < 1.29 is 18.7 Å². The summed E-state index contributed by atoms with van der Waals surface area (Å²) in [6, 6.07) is 12.8. The van der Waals surface area contributed by atoms with Gasteiger partial charge < -0.3 is 9.47 Å². The van der Waals surface area contributed by atoms with Gasteiger partial charge in [0.05, 0.1) is 12.8 Å². The number of carbonyl (C=O) groups is 1. The molecule has 0 aliphatic rings. The van der Waals surface area contributed by atoms with Gasteiger partial charge in [-0.1, -0.05) is 23.9 Å². The molecule has 5 nitrogen and oxygen atoms in total. The highest BCUT2D eigenvalue weighted by Crippen LogP contribution is 2.28. The molecule has 0 fully saturated rings. The molecule has 0 bridgehead atoms. The van der Waals surface area contributed by atoms with Gasteiger partial charge in [0.1, 0.15) is 5.82 Å². The molecule has 3 aromatic rings. The second-order valence-corrected chi connectivity index (χ2v) is 5.98. The molecule has 1 heterocycles. The molecule has 0 N–H and O–H groups in total. The van der Waals surface area contributed by atoms with Crippen LogP contribution in [-0.4, -0.2) is 28.4 Å². The van der Waals surface area contributed by atoms with E-state index in [0.717, 1.165) is 0 Å². The molecule has 2 aromatic carbocycles. The minimum atomic E-state index is -0.575. The van der Waals surface area contributed by atoms with Crippen LogP contribution < -0.4 is 9.47 Å². The van der Waals surface area contributed by atoms with E-state index in [0.29, 0.717) is 28.9 Å². The van der Waals surface area contributed by atoms with E-state index in [1.54, 1.807) is 41.0 Å². The first-order valence-corrected chi connectivity index (χ1v) is 9.18. The summed E-state index contributed by atoms with van der Waals surface area (Å²) in [6.07, 6.45) is 3.29. The molecule has 0 saturated carbocycles. The Morgan fingerprint density at radius 3 is 2.50 bits per heavy atom. The van der Waals surface area contributed by atoms with Crippen LogP contribution in [0.25, 0.3) is 5.69 Å². The third-order valence-electron chi connectivity index (χ3n) is 3.56. The number of aromatic nitrogens is 2. The number of benzene rings is 2. The molecule has 1 aromatic heterocycles. The zero-order valence-electron chi connectivity index (χ0n) is 14.3. The number of imidazole rings is 1. The third kappa shape index (κ3) is 3.72. The lowest BCUT2D eigenvalue weighted by molar-refractivity contribution is 0.0719. The van der Waals surface area contributed by atoms with Crippen molar-refractivity contribution in [3.8, 4) is 17.2 Å². The summed E-state index contributed by atoms with van der Waals surface area (Å²) in [6.45, 7) is 2.31. The van der Waals surface area contributed by atoms with Crippen LogP contribution in [0.15, 0.2) is 59.9 Å². The van der Waals surface area contributed by atoms with Gasteiger partial charge in [-0.3, -0.25) is 4.57 Å². The van der Waals surface area contributed by atoms with Gasteiger partial charge in [0.25, 0.3) is 0 Å². The highest BCUT2D eigenvalue weighted by atomic mass is 32.2. The van der Waals surface area contributed by atoms with Gasteiger partial charge in [0, 0.05) is 5.69 Å². The van der Waals surface area contributed by atoms with Gasteiger partial charge in [0.15, 0.2) is 22.3 Å². The molecule has 26 heavy (non-hydrogen) atoms. The Morgan fingerprint density at radius 2 is 1.85 bits per heavy atom. The Balaban J connectivity index is 1.96. The Kier molecular flexibility index (Phi) is 5.58. The fourth-order valence-corrected chi connectivity index (χ4v) is 2.97. The van der Waals surface area contributed by atoms with Crippen LogP contribution in [0.1, 0.15) is 17.4 Å². The fraction of sp³-hybridized carbons (Fsp3) is 0.158. The van der Waals surface area contributed by atoms with Crippen LogP contribution in [0.3, 0.4) is 0 Å². The normalized spacial score (nSPS) is 10.6. The lowest BCUT2D eigenvalue weighted by Gasteiger charge is -2.12. The second-order valence-electron chi connectivity index (χ2n) is 5.21. The minimum absolute atomic E-state index is 0.243. The highest BCUT2D eigenvalue weighted by molar-refractivity contribution is 7.98. The third-order valence-corrected chi connectivity index (χ3v) is 4.21. The van der Waals surface area contributed by atoms with E-state index < -0.39 is 5.97 Å². The summed E-state index contributed by atoms with van der Waals surface area (Å²) < 4.78 is 25.9. The maximum absolute atomic E-state index is 13.2. The quantitative estimate of drug-likeness (QED) is 0.366. The highest BCUT2D eigenvalue weighted by Gasteiger charge is 2.21. The van der Waals surface area contributed by atoms with Crippen molar-refractivity contribution >= 4 is 17.7 Å². The molecule has 0 aliphatic heterocycles. The maximum Gasteiger partial charge on any atom is 0.362 e. The van der Waals surface area contributed by atoms with Crippen molar-refractivity contribution in [3.63, 3.8) is 0 Å². The molecule has 0 aliphatic carbocycles. The van der Waals surface area contributed by atoms with Gasteiger partial charge in [-0.2, -0.15) is 0 Å². The summed E-state index contributed by atoms with van der Waals surface area (Å²) in [4.78, 5) is 17.0. The number of ether oxygens (including phenoxy) is 2. The van der Waals surface area contributed by atoms with Crippen LogP contribution >= 0.6 is 11.8 Å². The first-order chi connectivity index (χ1) is 12.6. The zero-order chi connectivity index (χ0) is 18.5. The largest absolute Gasteiger partial charge is 0.490 e.